The minimum atomic E-state index is -0.270. The van der Waals surface area contributed by atoms with E-state index in [0.29, 0.717) is 28.1 Å². The molecule has 0 saturated carbocycles. The molecule has 9 heteroatoms. The first-order valence-electron chi connectivity index (χ1n) is 10.2. The number of nitrogens with zero attached hydrogens (tertiary/aromatic N) is 4. The highest BCUT2D eigenvalue weighted by molar-refractivity contribution is 8.14. The quantitative estimate of drug-likeness (QED) is 0.554. The Balaban J connectivity index is 1.55. The lowest BCUT2D eigenvalue weighted by Crippen LogP contribution is -2.31. The molecule has 0 fully saturated rings. The first kappa shape index (κ1) is 22.3. The van der Waals surface area contributed by atoms with E-state index in [4.69, 9.17) is 4.52 Å². The van der Waals surface area contributed by atoms with Crippen LogP contribution in [0.3, 0.4) is 0 Å². The number of anilines is 3. The van der Waals surface area contributed by atoms with E-state index < -0.39 is 0 Å². The predicted molar refractivity (Wildman–Crippen MR) is 132 cm³/mol. The normalized spacial score (nSPS) is 14.5. The van der Waals surface area contributed by atoms with Gasteiger partial charge in [0.15, 0.2) is 11.0 Å². The Kier molecular flexibility index (Phi) is 6.60. The average molecular weight is 462 g/mol. The molecule has 0 unspecified atom stereocenters. The second-order valence-electron chi connectivity index (χ2n) is 7.55. The number of carbonyl (C=O) groups excluding carboxylic acids is 2. The number of carbonyl (C=O) groups is 2. The third-order valence-electron chi connectivity index (χ3n) is 4.78. The highest BCUT2D eigenvalue weighted by atomic mass is 32.2. The van der Waals surface area contributed by atoms with Crippen LogP contribution in [0, 0.1) is 6.92 Å². The van der Waals surface area contributed by atoms with E-state index in [9.17, 15) is 9.59 Å². The molecular formula is C24H23N5O3S. The number of benzene rings is 2. The van der Waals surface area contributed by atoms with Gasteiger partial charge in [0, 0.05) is 25.8 Å². The summed E-state index contributed by atoms with van der Waals surface area (Å²) in [6, 6.07) is 18.7. The third kappa shape index (κ3) is 5.32. The lowest BCUT2D eigenvalue weighted by Gasteiger charge is -2.17. The van der Waals surface area contributed by atoms with Gasteiger partial charge in [0.1, 0.15) is 11.5 Å². The second-order valence-corrected chi connectivity index (χ2v) is 8.49. The summed E-state index contributed by atoms with van der Waals surface area (Å²) < 4.78 is 4.97. The number of aliphatic imine (C=N–C) groups is 1. The minimum Gasteiger partial charge on any atom is -0.378 e. The van der Waals surface area contributed by atoms with Crippen molar-refractivity contribution in [2.24, 2.45) is 4.99 Å². The smallest absolute Gasteiger partial charge is 0.283 e. The molecular weight excluding hydrogens is 438 g/mol. The molecule has 3 aromatic rings. The molecule has 168 valence electrons. The maximum absolute atomic E-state index is 13.2. The summed E-state index contributed by atoms with van der Waals surface area (Å²) in [5.41, 5.74) is 2.93. The first-order valence-corrected chi connectivity index (χ1v) is 11.2. The van der Waals surface area contributed by atoms with Crippen LogP contribution in [0.25, 0.3) is 6.08 Å². The molecule has 33 heavy (non-hydrogen) atoms. The molecule has 0 aliphatic carbocycles. The summed E-state index contributed by atoms with van der Waals surface area (Å²) >= 11 is 1.18. The van der Waals surface area contributed by atoms with Gasteiger partial charge in [-0.3, -0.25) is 14.5 Å². The van der Waals surface area contributed by atoms with E-state index in [1.165, 1.54) is 16.7 Å². The summed E-state index contributed by atoms with van der Waals surface area (Å²) in [5, 5.41) is 6.88. The Morgan fingerprint density at radius 3 is 2.52 bits per heavy atom. The lowest BCUT2D eigenvalue weighted by atomic mass is 10.1. The standard InChI is InChI=1S/C24H23N5O3S/c1-16-13-21(27-32-16)26-22(30)15-33-24-25-20(14-17-9-11-18(12-10-17)28(2)3)23(31)29(24)19-7-5-4-6-8-19/h4-14H,15H2,1-3H3,(H,26,27,30)/b20-14+. The van der Waals surface area contributed by atoms with E-state index in [-0.39, 0.29) is 17.6 Å². The Labute approximate surface area is 196 Å². The van der Waals surface area contributed by atoms with Gasteiger partial charge >= 0.3 is 0 Å². The summed E-state index contributed by atoms with van der Waals surface area (Å²) in [4.78, 5) is 33.7. The van der Waals surface area contributed by atoms with Gasteiger partial charge in [-0.25, -0.2) is 4.99 Å². The van der Waals surface area contributed by atoms with Crippen LogP contribution in [-0.4, -0.2) is 42.0 Å². The molecule has 0 atom stereocenters. The molecule has 1 aliphatic heterocycles. The number of rotatable bonds is 6. The summed E-state index contributed by atoms with van der Waals surface area (Å²) in [5.74, 6) is 0.504. The number of aryl methyl sites for hydroxylation is 1. The number of para-hydroxylation sites is 1. The zero-order valence-corrected chi connectivity index (χ0v) is 19.3. The van der Waals surface area contributed by atoms with E-state index in [1.807, 2.05) is 73.6 Å². The van der Waals surface area contributed by atoms with Gasteiger partial charge in [-0.15, -0.1) is 0 Å². The molecule has 1 aliphatic rings. The Hall–Kier alpha value is -3.85. The van der Waals surface area contributed by atoms with E-state index in [1.54, 1.807) is 19.1 Å². The van der Waals surface area contributed by atoms with Crippen molar-refractivity contribution in [2.75, 3.05) is 35.0 Å². The zero-order valence-electron chi connectivity index (χ0n) is 18.5. The molecule has 8 nitrogen and oxygen atoms in total. The largest absolute Gasteiger partial charge is 0.378 e. The summed E-state index contributed by atoms with van der Waals surface area (Å²) in [6.07, 6.45) is 1.75. The van der Waals surface area contributed by atoms with Crippen molar-refractivity contribution < 1.29 is 14.1 Å². The van der Waals surface area contributed by atoms with Crippen LogP contribution < -0.4 is 15.1 Å². The van der Waals surface area contributed by atoms with Gasteiger partial charge in [-0.05, 0) is 42.8 Å². The first-order chi connectivity index (χ1) is 15.9. The second kappa shape index (κ2) is 9.74. The predicted octanol–water partition coefficient (Wildman–Crippen LogP) is 4.16. The maximum atomic E-state index is 13.2. The SMILES string of the molecule is Cc1cc(NC(=O)CSC2=N/C(=C/c3ccc(N(C)C)cc3)C(=O)N2c2ccccc2)no1. The molecule has 0 bridgehead atoms. The fraction of sp³-hybridized carbons (Fsp3) is 0.167. The van der Waals surface area contributed by atoms with Gasteiger partial charge in [0.2, 0.25) is 5.91 Å². The van der Waals surface area contributed by atoms with Crippen molar-refractivity contribution in [3.8, 4) is 0 Å². The highest BCUT2D eigenvalue weighted by Crippen LogP contribution is 2.29. The van der Waals surface area contributed by atoms with Crippen LogP contribution in [0.5, 0.6) is 0 Å². The van der Waals surface area contributed by atoms with Gasteiger partial charge in [-0.1, -0.05) is 47.3 Å². The van der Waals surface area contributed by atoms with Crippen LogP contribution in [0.2, 0.25) is 0 Å². The zero-order chi connectivity index (χ0) is 23.4. The van der Waals surface area contributed by atoms with Crippen LogP contribution in [0.4, 0.5) is 17.2 Å². The third-order valence-corrected chi connectivity index (χ3v) is 5.72. The van der Waals surface area contributed by atoms with Crippen molar-refractivity contribution >= 4 is 52.0 Å². The lowest BCUT2D eigenvalue weighted by molar-refractivity contribution is -0.114. The number of hydrogen-bond acceptors (Lipinski definition) is 7. The van der Waals surface area contributed by atoms with Gasteiger partial charge < -0.3 is 14.7 Å². The number of amidine groups is 1. The molecule has 0 saturated heterocycles. The molecule has 0 radical (unpaired) electrons. The number of nitrogens with one attached hydrogen (secondary N) is 1. The fourth-order valence-electron chi connectivity index (χ4n) is 3.16. The van der Waals surface area contributed by atoms with E-state index >= 15 is 0 Å². The maximum Gasteiger partial charge on any atom is 0.283 e. The number of thioether (sulfide) groups is 1. The van der Waals surface area contributed by atoms with Crippen molar-refractivity contribution in [2.45, 2.75) is 6.92 Å². The average Bonchev–Trinajstić information content (AvgIpc) is 3.35. The molecule has 1 N–H and O–H groups in total. The van der Waals surface area contributed by atoms with E-state index in [2.05, 4.69) is 15.5 Å². The summed E-state index contributed by atoms with van der Waals surface area (Å²) in [7, 11) is 3.94. The number of aromatic nitrogens is 1. The summed E-state index contributed by atoms with van der Waals surface area (Å²) in [6.45, 7) is 1.75. The number of hydrogen-bond donors (Lipinski definition) is 1. The van der Waals surface area contributed by atoms with Crippen LogP contribution >= 0.6 is 11.8 Å². The van der Waals surface area contributed by atoms with Gasteiger partial charge in [0.05, 0.1) is 11.4 Å². The van der Waals surface area contributed by atoms with Crippen molar-refractivity contribution in [3.05, 3.63) is 77.7 Å². The molecule has 2 aromatic carbocycles. The molecule has 4 rings (SSSR count). The Bertz CT molecular complexity index is 1220. The monoisotopic (exact) mass is 461 g/mol. The molecule has 0 spiro atoms. The van der Waals surface area contributed by atoms with Crippen molar-refractivity contribution in [1.29, 1.82) is 0 Å². The van der Waals surface area contributed by atoms with Crippen molar-refractivity contribution in [1.82, 2.24) is 5.16 Å². The molecule has 2 heterocycles. The van der Waals surface area contributed by atoms with Crippen molar-refractivity contribution in [3.63, 3.8) is 0 Å². The molecule has 2 amide bonds. The Morgan fingerprint density at radius 1 is 1.15 bits per heavy atom. The van der Waals surface area contributed by atoms with Crippen LogP contribution in [0.1, 0.15) is 11.3 Å². The topological polar surface area (TPSA) is 91.0 Å². The molecule has 1 aromatic heterocycles. The highest BCUT2D eigenvalue weighted by Gasteiger charge is 2.32. The van der Waals surface area contributed by atoms with Gasteiger partial charge in [0.25, 0.3) is 5.91 Å². The fourth-order valence-corrected chi connectivity index (χ4v) is 3.97. The minimum absolute atomic E-state index is 0.0617. The van der Waals surface area contributed by atoms with E-state index in [0.717, 1.165) is 11.3 Å². The van der Waals surface area contributed by atoms with Gasteiger partial charge in [-0.2, -0.15) is 0 Å². The van der Waals surface area contributed by atoms with Crippen LogP contribution in [0.15, 0.2) is 75.9 Å². The number of amides is 2. The van der Waals surface area contributed by atoms with Crippen LogP contribution in [-0.2, 0) is 9.59 Å². The Morgan fingerprint density at radius 2 is 1.88 bits per heavy atom.